The molecule has 1 atom stereocenters. The van der Waals surface area contributed by atoms with Crippen LogP contribution in [0.1, 0.15) is 43.1 Å². The van der Waals surface area contributed by atoms with Crippen LogP contribution in [0.4, 0.5) is 11.4 Å². The standard InChI is InChI=1S/C21H21ClN4O4.C11H14O2/c22-14-6-7-18(26-9-8-15(27)12-26)16(11-14)24-20(29)21(30)25-17(19(23)28)10-13-4-2-1-3-5-13;1-11(2,3)13-10(12)9-7-5-4-6-8-9/h1-7,11,17H,8-10,12H2,(H2,23,28)(H,24,29)(H,25,30);4-8H,1-3H3/t17-;/m0./s1. The Kier molecular flexibility index (Phi) is 11.4. The molecule has 11 heteroatoms. The Morgan fingerprint density at radius 1 is 0.953 bits per heavy atom. The zero-order chi connectivity index (χ0) is 31.6. The number of carbonyl (C=O) groups is 5. The van der Waals surface area contributed by atoms with Crippen molar-refractivity contribution in [3.8, 4) is 0 Å². The maximum atomic E-state index is 12.5. The van der Waals surface area contributed by atoms with Crippen molar-refractivity contribution in [3.63, 3.8) is 0 Å². The molecule has 0 aliphatic carbocycles. The smallest absolute Gasteiger partial charge is 0.338 e. The minimum Gasteiger partial charge on any atom is -0.456 e. The van der Waals surface area contributed by atoms with Gasteiger partial charge < -0.3 is 26.0 Å². The number of Topliss-reactive ketones (excluding diaryl/α,β-unsaturated/α-hetero) is 1. The summed E-state index contributed by atoms with van der Waals surface area (Å²) in [5, 5.41) is 5.24. The average molecular weight is 607 g/mol. The van der Waals surface area contributed by atoms with Gasteiger partial charge in [0.15, 0.2) is 5.78 Å². The molecule has 10 nitrogen and oxygen atoms in total. The molecular weight excluding hydrogens is 572 g/mol. The lowest BCUT2D eigenvalue weighted by atomic mass is 10.1. The van der Waals surface area contributed by atoms with Crippen LogP contribution in [-0.2, 0) is 30.3 Å². The highest BCUT2D eigenvalue weighted by atomic mass is 35.5. The fourth-order valence-corrected chi connectivity index (χ4v) is 4.28. The first-order chi connectivity index (χ1) is 20.3. The number of primary amides is 1. The largest absolute Gasteiger partial charge is 0.456 e. The SMILES string of the molecule is CC(C)(C)OC(=O)c1ccccc1.NC(=O)[C@H](Cc1ccccc1)NC(=O)C(=O)Nc1cc(Cl)ccc1N1CCC(=O)C1. The van der Waals surface area contributed by atoms with Crippen molar-refractivity contribution in [3.05, 3.63) is 95.0 Å². The van der Waals surface area contributed by atoms with E-state index in [4.69, 9.17) is 22.1 Å². The monoisotopic (exact) mass is 606 g/mol. The Morgan fingerprint density at radius 3 is 2.14 bits per heavy atom. The second-order valence-electron chi connectivity index (χ2n) is 10.8. The van der Waals surface area contributed by atoms with Crippen molar-refractivity contribution < 1.29 is 28.7 Å². The molecule has 1 saturated heterocycles. The topological polar surface area (TPSA) is 148 Å². The lowest BCUT2D eigenvalue weighted by Crippen LogP contribution is -2.49. The second-order valence-corrected chi connectivity index (χ2v) is 11.2. The lowest BCUT2D eigenvalue weighted by molar-refractivity contribution is -0.137. The van der Waals surface area contributed by atoms with Crippen molar-refractivity contribution in [2.45, 2.75) is 45.3 Å². The van der Waals surface area contributed by atoms with Gasteiger partial charge in [-0.15, -0.1) is 0 Å². The maximum absolute atomic E-state index is 12.5. The molecule has 0 aromatic heterocycles. The minimum absolute atomic E-state index is 0.0881. The van der Waals surface area contributed by atoms with Crippen molar-refractivity contribution >= 4 is 52.4 Å². The number of anilines is 2. The van der Waals surface area contributed by atoms with E-state index in [-0.39, 0.29) is 24.7 Å². The predicted molar refractivity (Wildman–Crippen MR) is 165 cm³/mol. The van der Waals surface area contributed by atoms with Gasteiger partial charge in [0.1, 0.15) is 11.6 Å². The first-order valence-corrected chi connectivity index (χ1v) is 14.0. The van der Waals surface area contributed by atoms with Gasteiger partial charge in [-0.05, 0) is 56.7 Å². The molecule has 0 radical (unpaired) electrons. The molecule has 43 heavy (non-hydrogen) atoms. The fourth-order valence-electron chi connectivity index (χ4n) is 4.11. The third-order valence-corrected chi connectivity index (χ3v) is 6.36. The third kappa shape index (κ3) is 10.6. The summed E-state index contributed by atoms with van der Waals surface area (Å²) in [7, 11) is 0. The number of esters is 1. The summed E-state index contributed by atoms with van der Waals surface area (Å²) in [4.78, 5) is 61.4. The van der Waals surface area contributed by atoms with Gasteiger partial charge in [-0.2, -0.15) is 0 Å². The number of halogens is 1. The summed E-state index contributed by atoms with van der Waals surface area (Å²) >= 11 is 6.03. The number of nitrogens with two attached hydrogens (primary N) is 1. The van der Waals surface area contributed by atoms with E-state index in [0.29, 0.717) is 34.9 Å². The molecule has 4 N–H and O–H groups in total. The normalized spacial score (nSPS) is 13.3. The highest BCUT2D eigenvalue weighted by Gasteiger charge is 2.26. The van der Waals surface area contributed by atoms with E-state index >= 15 is 0 Å². The van der Waals surface area contributed by atoms with E-state index in [9.17, 15) is 24.0 Å². The van der Waals surface area contributed by atoms with Crippen LogP contribution in [0, 0.1) is 0 Å². The van der Waals surface area contributed by atoms with Gasteiger partial charge in [0.25, 0.3) is 0 Å². The third-order valence-electron chi connectivity index (χ3n) is 6.12. The molecule has 3 aromatic rings. The van der Waals surface area contributed by atoms with Crippen molar-refractivity contribution in [1.82, 2.24) is 5.32 Å². The van der Waals surface area contributed by atoms with Gasteiger partial charge in [-0.25, -0.2) is 4.79 Å². The Bertz CT molecular complexity index is 1460. The van der Waals surface area contributed by atoms with E-state index in [1.54, 1.807) is 53.4 Å². The summed E-state index contributed by atoms with van der Waals surface area (Å²) in [5.74, 6) is -2.90. The number of hydrogen-bond acceptors (Lipinski definition) is 7. The van der Waals surface area contributed by atoms with Crippen molar-refractivity contribution in [1.29, 1.82) is 0 Å². The van der Waals surface area contributed by atoms with E-state index in [2.05, 4.69) is 10.6 Å². The number of ketones is 1. The number of hydrogen-bond donors (Lipinski definition) is 3. The van der Waals surface area contributed by atoms with Crippen LogP contribution in [-0.4, -0.2) is 54.2 Å². The maximum Gasteiger partial charge on any atom is 0.338 e. The predicted octanol–water partition coefficient (Wildman–Crippen LogP) is 3.91. The summed E-state index contributed by atoms with van der Waals surface area (Å²) in [6.07, 6.45) is 0.573. The molecule has 0 unspecified atom stereocenters. The number of rotatable bonds is 7. The van der Waals surface area contributed by atoms with Crippen molar-refractivity contribution in [2.75, 3.05) is 23.3 Å². The summed E-state index contributed by atoms with van der Waals surface area (Å²) in [6, 6.07) is 21.8. The molecule has 1 aliphatic heterocycles. The molecule has 3 amide bonds. The van der Waals surface area contributed by atoms with Crippen LogP contribution in [0.2, 0.25) is 5.02 Å². The van der Waals surface area contributed by atoms with Gasteiger partial charge in [-0.1, -0.05) is 60.1 Å². The van der Waals surface area contributed by atoms with Crippen LogP contribution in [0.15, 0.2) is 78.9 Å². The molecule has 4 rings (SSSR count). The van der Waals surface area contributed by atoms with Gasteiger partial charge in [0, 0.05) is 24.4 Å². The number of nitrogens with zero attached hydrogens (tertiary/aromatic N) is 1. The van der Waals surface area contributed by atoms with Crippen LogP contribution in [0.3, 0.4) is 0 Å². The first-order valence-electron chi connectivity index (χ1n) is 13.6. The molecule has 0 saturated carbocycles. The lowest BCUT2D eigenvalue weighted by Gasteiger charge is -2.21. The summed E-state index contributed by atoms with van der Waals surface area (Å²) < 4.78 is 5.18. The van der Waals surface area contributed by atoms with E-state index in [1.165, 1.54) is 6.07 Å². The van der Waals surface area contributed by atoms with Gasteiger partial charge in [0.2, 0.25) is 5.91 Å². The molecule has 1 aliphatic rings. The number of nitrogens with one attached hydrogen (secondary N) is 2. The van der Waals surface area contributed by atoms with E-state index in [1.807, 2.05) is 45.0 Å². The molecular formula is C32H35ClN4O6. The Balaban J connectivity index is 0.000000326. The summed E-state index contributed by atoms with van der Waals surface area (Å²) in [5.41, 5.74) is 7.23. The number of ether oxygens (including phenoxy) is 1. The molecule has 3 aromatic carbocycles. The summed E-state index contributed by atoms with van der Waals surface area (Å²) in [6.45, 7) is 6.30. The van der Waals surface area contributed by atoms with Crippen LogP contribution in [0.5, 0.6) is 0 Å². The first kappa shape index (κ1) is 32.8. The average Bonchev–Trinajstić information content (AvgIpc) is 3.39. The van der Waals surface area contributed by atoms with Crippen LogP contribution in [0.25, 0.3) is 0 Å². The van der Waals surface area contributed by atoms with E-state index in [0.717, 1.165) is 5.56 Å². The Labute approximate surface area is 255 Å². The quantitative estimate of drug-likeness (QED) is 0.273. The van der Waals surface area contributed by atoms with Gasteiger partial charge >= 0.3 is 17.8 Å². The Morgan fingerprint density at radius 2 is 1.58 bits per heavy atom. The molecule has 1 heterocycles. The van der Waals surface area contributed by atoms with Gasteiger partial charge in [-0.3, -0.25) is 19.2 Å². The van der Waals surface area contributed by atoms with Crippen molar-refractivity contribution in [2.24, 2.45) is 5.73 Å². The molecule has 0 spiro atoms. The molecule has 226 valence electrons. The highest BCUT2D eigenvalue weighted by Crippen LogP contribution is 2.31. The zero-order valence-electron chi connectivity index (χ0n) is 24.3. The Hall–Kier alpha value is -4.70. The zero-order valence-corrected chi connectivity index (χ0v) is 25.0. The number of benzene rings is 3. The number of carbonyl (C=O) groups excluding carboxylic acids is 5. The number of amides is 3. The minimum atomic E-state index is -1.04. The molecule has 0 bridgehead atoms. The van der Waals surface area contributed by atoms with E-state index < -0.39 is 29.4 Å². The fraction of sp³-hybridized carbons (Fsp3) is 0.281. The van der Waals surface area contributed by atoms with Gasteiger partial charge in [0.05, 0.1) is 23.5 Å². The van der Waals surface area contributed by atoms with Crippen LogP contribution >= 0.6 is 11.6 Å². The second kappa shape index (κ2) is 15.0. The molecule has 1 fully saturated rings. The van der Waals surface area contributed by atoms with Crippen LogP contribution < -0.4 is 21.3 Å². The highest BCUT2D eigenvalue weighted by molar-refractivity contribution is 6.40.